The molecule has 2 rings (SSSR count). The van der Waals surface area contributed by atoms with E-state index in [1.165, 1.54) is 5.56 Å². The molecule has 0 amide bonds. The molecule has 19 heavy (non-hydrogen) atoms. The lowest BCUT2D eigenvalue weighted by Gasteiger charge is -2.22. The van der Waals surface area contributed by atoms with E-state index in [9.17, 15) is 4.79 Å². The standard InChI is InChI=1S/C15H21NO3/c1-4-10-5-6-14(19-3)13(7-10)16(2)9-11-8-12(11)15(17)18/h5-7,11-12H,4,8-9H2,1-3H3,(H,17,18). The fourth-order valence-electron chi connectivity index (χ4n) is 2.46. The molecule has 0 aromatic heterocycles. The topological polar surface area (TPSA) is 49.8 Å². The Morgan fingerprint density at radius 3 is 2.79 bits per heavy atom. The van der Waals surface area contributed by atoms with E-state index in [0.717, 1.165) is 30.8 Å². The van der Waals surface area contributed by atoms with Crippen molar-refractivity contribution < 1.29 is 14.6 Å². The van der Waals surface area contributed by atoms with E-state index in [1.54, 1.807) is 7.11 Å². The van der Waals surface area contributed by atoms with Crippen molar-refractivity contribution in [3.05, 3.63) is 23.8 Å². The third-order valence-corrected chi connectivity index (χ3v) is 3.81. The highest BCUT2D eigenvalue weighted by atomic mass is 16.5. The van der Waals surface area contributed by atoms with E-state index < -0.39 is 5.97 Å². The van der Waals surface area contributed by atoms with Gasteiger partial charge in [-0.3, -0.25) is 4.79 Å². The smallest absolute Gasteiger partial charge is 0.306 e. The molecule has 104 valence electrons. The van der Waals surface area contributed by atoms with Crippen LogP contribution in [0.4, 0.5) is 5.69 Å². The Morgan fingerprint density at radius 1 is 1.53 bits per heavy atom. The molecule has 1 aromatic rings. The lowest BCUT2D eigenvalue weighted by atomic mass is 10.1. The average molecular weight is 263 g/mol. The molecule has 1 aliphatic carbocycles. The van der Waals surface area contributed by atoms with Crippen molar-refractivity contribution in [1.29, 1.82) is 0 Å². The second-order valence-corrected chi connectivity index (χ2v) is 5.18. The van der Waals surface area contributed by atoms with Gasteiger partial charge in [-0.15, -0.1) is 0 Å². The number of hydrogen-bond acceptors (Lipinski definition) is 3. The summed E-state index contributed by atoms with van der Waals surface area (Å²) in [6.07, 6.45) is 1.77. The van der Waals surface area contributed by atoms with E-state index in [4.69, 9.17) is 9.84 Å². The molecule has 0 aliphatic heterocycles. The summed E-state index contributed by atoms with van der Waals surface area (Å²) in [5.41, 5.74) is 2.30. The molecule has 4 heteroatoms. The van der Waals surface area contributed by atoms with Crippen LogP contribution in [-0.2, 0) is 11.2 Å². The predicted molar refractivity (Wildman–Crippen MR) is 74.9 cm³/mol. The van der Waals surface area contributed by atoms with E-state index in [0.29, 0.717) is 0 Å². The largest absolute Gasteiger partial charge is 0.495 e. The van der Waals surface area contributed by atoms with Crippen LogP contribution in [0.1, 0.15) is 18.9 Å². The molecular weight excluding hydrogens is 242 g/mol. The minimum Gasteiger partial charge on any atom is -0.495 e. The maximum absolute atomic E-state index is 10.9. The Hall–Kier alpha value is -1.71. The van der Waals surface area contributed by atoms with Gasteiger partial charge in [0.05, 0.1) is 18.7 Å². The normalized spacial score (nSPS) is 21.0. The number of aryl methyl sites for hydroxylation is 1. The Labute approximate surface area is 114 Å². The van der Waals surface area contributed by atoms with Crippen molar-refractivity contribution in [2.24, 2.45) is 11.8 Å². The molecule has 0 heterocycles. The number of ether oxygens (including phenoxy) is 1. The van der Waals surface area contributed by atoms with Gasteiger partial charge in [-0.1, -0.05) is 13.0 Å². The minimum absolute atomic E-state index is 0.164. The Kier molecular flexibility index (Phi) is 3.98. The molecule has 2 unspecified atom stereocenters. The lowest BCUT2D eigenvalue weighted by Crippen LogP contribution is -2.22. The van der Waals surface area contributed by atoms with Gasteiger partial charge in [-0.25, -0.2) is 0 Å². The number of carboxylic acid groups (broad SMARTS) is 1. The van der Waals surface area contributed by atoms with Crippen LogP contribution in [0.2, 0.25) is 0 Å². The fourth-order valence-corrected chi connectivity index (χ4v) is 2.46. The fraction of sp³-hybridized carbons (Fsp3) is 0.533. The SMILES string of the molecule is CCc1ccc(OC)c(N(C)CC2CC2C(=O)O)c1. The van der Waals surface area contributed by atoms with E-state index >= 15 is 0 Å². The first-order chi connectivity index (χ1) is 9.06. The molecule has 0 saturated heterocycles. The zero-order chi connectivity index (χ0) is 14.0. The zero-order valence-corrected chi connectivity index (χ0v) is 11.7. The van der Waals surface area contributed by atoms with Gasteiger partial charge in [-0.2, -0.15) is 0 Å². The first-order valence-electron chi connectivity index (χ1n) is 6.67. The lowest BCUT2D eigenvalue weighted by molar-refractivity contribution is -0.138. The summed E-state index contributed by atoms with van der Waals surface area (Å²) in [6, 6.07) is 6.16. The molecule has 0 spiro atoms. The van der Waals surface area contributed by atoms with Gasteiger partial charge >= 0.3 is 5.97 Å². The summed E-state index contributed by atoms with van der Waals surface area (Å²) in [5, 5.41) is 8.95. The van der Waals surface area contributed by atoms with Crippen LogP contribution in [-0.4, -0.2) is 31.8 Å². The molecule has 0 radical (unpaired) electrons. The van der Waals surface area contributed by atoms with Crippen LogP contribution >= 0.6 is 0 Å². The average Bonchev–Trinajstić information content (AvgIpc) is 3.17. The summed E-state index contributed by atoms with van der Waals surface area (Å²) >= 11 is 0. The molecule has 2 atom stereocenters. The summed E-state index contributed by atoms with van der Waals surface area (Å²) in [5.74, 6) is 0.264. The van der Waals surface area contributed by atoms with Gasteiger partial charge in [0.25, 0.3) is 0 Å². The van der Waals surface area contributed by atoms with Gasteiger partial charge < -0.3 is 14.7 Å². The van der Waals surface area contributed by atoms with Gasteiger partial charge in [0, 0.05) is 13.6 Å². The van der Waals surface area contributed by atoms with E-state index in [-0.39, 0.29) is 11.8 Å². The quantitative estimate of drug-likeness (QED) is 0.856. The number of rotatable bonds is 6. The van der Waals surface area contributed by atoms with Gasteiger partial charge in [-0.05, 0) is 36.5 Å². The van der Waals surface area contributed by atoms with Crippen molar-refractivity contribution in [2.75, 3.05) is 25.6 Å². The number of aliphatic carboxylic acids is 1. The summed E-state index contributed by atoms with van der Waals surface area (Å²) in [4.78, 5) is 13.0. The third kappa shape index (κ3) is 3.00. The number of benzene rings is 1. The van der Waals surface area contributed by atoms with Crippen LogP contribution < -0.4 is 9.64 Å². The molecule has 0 bridgehead atoms. The number of carbonyl (C=O) groups is 1. The number of hydrogen-bond donors (Lipinski definition) is 1. The first-order valence-corrected chi connectivity index (χ1v) is 6.67. The van der Waals surface area contributed by atoms with Gasteiger partial charge in [0.1, 0.15) is 5.75 Å². The number of methoxy groups -OCH3 is 1. The summed E-state index contributed by atoms with van der Waals surface area (Å²) < 4.78 is 5.38. The Balaban J connectivity index is 2.09. The second kappa shape index (κ2) is 5.51. The highest BCUT2D eigenvalue weighted by Gasteiger charge is 2.43. The zero-order valence-electron chi connectivity index (χ0n) is 11.7. The maximum Gasteiger partial charge on any atom is 0.306 e. The third-order valence-electron chi connectivity index (χ3n) is 3.81. The minimum atomic E-state index is -0.673. The Bertz CT molecular complexity index is 472. The summed E-state index contributed by atoms with van der Waals surface area (Å²) in [7, 11) is 3.66. The molecular formula is C15H21NO3. The van der Waals surface area contributed by atoms with Crippen molar-refractivity contribution in [3.63, 3.8) is 0 Å². The molecule has 1 saturated carbocycles. The predicted octanol–water partition coefficient (Wildman–Crippen LogP) is 2.41. The van der Waals surface area contributed by atoms with Crippen molar-refractivity contribution in [3.8, 4) is 5.75 Å². The number of anilines is 1. The van der Waals surface area contributed by atoms with Gasteiger partial charge in [0.2, 0.25) is 0 Å². The highest BCUT2D eigenvalue weighted by molar-refractivity contribution is 5.73. The van der Waals surface area contributed by atoms with Gasteiger partial charge in [0.15, 0.2) is 0 Å². The second-order valence-electron chi connectivity index (χ2n) is 5.18. The van der Waals surface area contributed by atoms with E-state index in [2.05, 4.69) is 24.0 Å². The van der Waals surface area contributed by atoms with Crippen LogP contribution in [0.5, 0.6) is 5.75 Å². The summed E-state index contributed by atoms with van der Waals surface area (Å²) in [6.45, 7) is 2.88. The van der Waals surface area contributed by atoms with Crippen LogP contribution in [0.15, 0.2) is 18.2 Å². The van der Waals surface area contributed by atoms with Crippen molar-refractivity contribution in [1.82, 2.24) is 0 Å². The monoisotopic (exact) mass is 263 g/mol. The maximum atomic E-state index is 10.9. The molecule has 1 fully saturated rings. The number of nitrogens with zero attached hydrogens (tertiary/aromatic N) is 1. The van der Waals surface area contributed by atoms with Crippen LogP contribution in [0.3, 0.4) is 0 Å². The molecule has 1 aromatic carbocycles. The van der Waals surface area contributed by atoms with E-state index in [1.807, 2.05) is 13.1 Å². The molecule has 1 aliphatic rings. The van der Waals surface area contributed by atoms with Crippen LogP contribution in [0, 0.1) is 11.8 Å². The van der Waals surface area contributed by atoms with Crippen LogP contribution in [0.25, 0.3) is 0 Å². The molecule has 1 N–H and O–H groups in total. The number of carboxylic acids is 1. The first kappa shape index (κ1) is 13.7. The highest BCUT2D eigenvalue weighted by Crippen LogP contribution is 2.40. The van der Waals surface area contributed by atoms with Crippen molar-refractivity contribution >= 4 is 11.7 Å². The Morgan fingerprint density at radius 2 is 2.26 bits per heavy atom. The molecule has 4 nitrogen and oxygen atoms in total. The van der Waals surface area contributed by atoms with Crippen molar-refractivity contribution in [2.45, 2.75) is 19.8 Å².